The van der Waals surface area contributed by atoms with E-state index >= 15 is 0 Å². The first kappa shape index (κ1) is 22.5. The average Bonchev–Trinajstić information content (AvgIpc) is 3.47. The van der Waals surface area contributed by atoms with Gasteiger partial charge in [0.1, 0.15) is 5.82 Å². The third-order valence-electron chi connectivity index (χ3n) is 5.48. The third-order valence-corrected chi connectivity index (χ3v) is 6.56. The summed E-state index contributed by atoms with van der Waals surface area (Å²) in [6, 6.07) is 16.6. The van der Waals surface area contributed by atoms with E-state index in [2.05, 4.69) is 27.6 Å². The normalized spacial score (nSPS) is 16.8. The number of rotatable bonds is 9. The van der Waals surface area contributed by atoms with Gasteiger partial charge in [-0.15, -0.1) is 10.2 Å². The Labute approximate surface area is 191 Å². The van der Waals surface area contributed by atoms with Crippen LogP contribution in [0.4, 0.5) is 4.39 Å². The molecule has 1 aliphatic rings. The lowest BCUT2D eigenvalue weighted by Crippen LogP contribution is -2.36. The number of thioether (sulfide) groups is 1. The van der Waals surface area contributed by atoms with Gasteiger partial charge in [0.25, 0.3) is 0 Å². The molecule has 2 atom stereocenters. The van der Waals surface area contributed by atoms with Crippen LogP contribution in [-0.2, 0) is 22.5 Å². The highest BCUT2D eigenvalue weighted by Gasteiger charge is 2.23. The van der Waals surface area contributed by atoms with Gasteiger partial charge in [-0.25, -0.2) is 4.39 Å². The van der Waals surface area contributed by atoms with Crippen molar-refractivity contribution in [2.45, 2.75) is 49.2 Å². The van der Waals surface area contributed by atoms with Gasteiger partial charge in [0.15, 0.2) is 11.0 Å². The molecular weight excluding hydrogens is 427 g/mol. The summed E-state index contributed by atoms with van der Waals surface area (Å²) in [4.78, 5) is 12.6. The molecule has 2 aromatic carbocycles. The van der Waals surface area contributed by atoms with Crippen molar-refractivity contribution in [1.29, 1.82) is 0 Å². The van der Waals surface area contributed by atoms with Crippen molar-refractivity contribution in [2.24, 2.45) is 0 Å². The van der Waals surface area contributed by atoms with E-state index in [1.165, 1.54) is 23.4 Å². The molecule has 1 aromatic heterocycles. The first-order valence-corrected chi connectivity index (χ1v) is 11.8. The number of carbonyl (C=O) groups is 1. The van der Waals surface area contributed by atoms with Crippen molar-refractivity contribution in [3.05, 3.63) is 66.0 Å². The fourth-order valence-electron chi connectivity index (χ4n) is 3.68. The quantitative estimate of drug-likeness (QED) is 0.493. The van der Waals surface area contributed by atoms with Crippen LogP contribution in [0.1, 0.15) is 25.3 Å². The van der Waals surface area contributed by atoms with Crippen LogP contribution in [0.25, 0.3) is 11.4 Å². The highest BCUT2D eigenvalue weighted by atomic mass is 32.2. The molecule has 1 aliphatic heterocycles. The summed E-state index contributed by atoms with van der Waals surface area (Å²) in [6.45, 7) is 3.70. The summed E-state index contributed by atoms with van der Waals surface area (Å²) < 4.78 is 22.0. The number of halogens is 1. The zero-order valence-corrected chi connectivity index (χ0v) is 18.9. The van der Waals surface area contributed by atoms with E-state index in [1.54, 1.807) is 18.2 Å². The third kappa shape index (κ3) is 5.55. The van der Waals surface area contributed by atoms with Gasteiger partial charge in [-0.2, -0.15) is 0 Å². The topological polar surface area (TPSA) is 69.0 Å². The molecular formula is C24H27FN4O2S. The van der Waals surface area contributed by atoms with Crippen molar-refractivity contribution in [3.8, 4) is 11.4 Å². The van der Waals surface area contributed by atoms with E-state index in [0.717, 1.165) is 25.9 Å². The molecule has 1 amide bonds. The highest BCUT2D eigenvalue weighted by molar-refractivity contribution is 8.00. The Bertz CT molecular complexity index is 1040. The van der Waals surface area contributed by atoms with E-state index < -0.39 is 0 Å². The molecule has 1 N–H and O–H groups in total. The first-order chi connectivity index (χ1) is 15.6. The molecule has 0 unspecified atom stereocenters. The number of amides is 1. The number of carbonyl (C=O) groups excluding carboxylic acids is 1. The number of aromatic nitrogens is 3. The zero-order valence-electron chi connectivity index (χ0n) is 18.0. The van der Waals surface area contributed by atoms with Crippen LogP contribution in [0.5, 0.6) is 0 Å². The highest BCUT2D eigenvalue weighted by Crippen LogP contribution is 2.28. The second-order valence-corrected chi connectivity index (χ2v) is 9.12. The lowest BCUT2D eigenvalue weighted by atomic mass is 10.1. The molecule has 2 heterocycles. The van der Waals surface area contributed by atoms with Crippen molar-refractivity contribution < 1.29 is 13.9 Å². The van der Waals surface area contributed by atoms with Gasteiger partial charge in [0.2, 0.25) is 5.91 Å². The lowest BCUT2D eigenvalue weighted by molar-refractivity contribution is -0.120. The van der Waals surface area contributed by atoms with E-state index in [9.17, 15) is 9.18 Å². The van der Waals surface area contributed by atoms with Crippen LogP contribution in [0.2, 0.25) is 0 Å². The molecule has 8 heteroatoms. The Kier molecular flexibility index (Phi) is 7.55. The van der Waals surface area contributed by atoms with Gasteiger partial charge < -0.3 is 14.6 Å². The number of nitrogens with zero attached hydrogens (tertiary/aromatic N) is 3. The second-order valence-electron chi connectivity index (χ2n) is 7.81. The Morgan fingerprint density at radius 1 is 1.22 bits per heavy atom. The van der Waals surface area contributed by atoms with Crippen LogP contribution >= 0.6 is 11.8 Å². The molecule has 0 radical (unpaired) electrons. The molecule has 1 saturated heterocycles. The summed E-state index contributed by atoms with van der Waals surface area (Å²) >= 11 is 1.33. The predicted octanol–water partition coefficient (Wildman–Crippen LogP) is 4.10. The van der Waals surface area contributed by atoms with Crippen LogP contribution in [-0.4, -0.2) is 45.2 Å². The maximum atomic E-state index is 14.5. The van der Waals surface area contributed by atoms with Crippen LogP contribution in [0.3, 0.4) is 0 Å². The largest absolute Gasteiger partial charge is 0.376 e. The van der Waals surface area contributed by atoms with Gasteiger partial charge in [-0.1, -0.05) is 54.2 Å². The molecule has 4 rings (SSSR count). The minimum Gasteiger partial charge on any atom is -0.376 e. The number of benzene rings is 2. The predicted molar refractivity (Wildman–Crippen MR) is 123 cm³/mol. The molecule has 0 spiro atoms. The number of ether oxygens (including phenoxy) is 1. The Hall–Kier alpha value is -2.71. The lowest BCUT2D eigenvalue weighted by Gasteiger charge is -2.15. The summed E-state index contributed by atoms with van der Waals surface area (Å²) in [5.41, 5.74) is 1.56. The Balaban J connectivity index is 1.51. The smallest absolute Gasteiger partial charge is 0.233 e. The van der Waals surface area contributed by atoms with Gasteiger partial charge in [0.05, 0.1) is 16.9 Å². The fourth-order valence-corrected chi connectivity index (χ4v) is 4.58. The molecule has 168 valence electrons. The number of hydrogen-bond acceptors (Lipinski definition) is 5. The summed E-state index contributed by atoms with van der Waals surface area (Å²) in [5.74, 6) is 0.0452. The van der Waals surface area contributed by atoms with Gasteiger partial charge >= 0.3 is 0 Å². The number of nitrogens with one attached hydrogen (secondary N) is 1. The van der Waals surface area contributed by atoms with Crippen molar-refractivity contribution in [2.75, 3.05) is 13.2 Å². The maximum absolute atomic E-state index is 14.5. The van der Waals surface area contributed by atoms with Gasteiger partial charge in [0, 0.05) is 19.7 Å². The second kappa shape index (κ2) is 10.7. The van der Waals surface area contributed by atoms with E-state index in [4.69, 9.17) is 4.74 Å². The summed E-state index contributed by atoms with van der Waals surface area (Å²) in [5, 5.41) is 11.8. The summed E-state index contributed by atoms with van der Waals surface area (Å²) in [7, 11) is 0. The van der Waals surface area contributed by atoms with E-state index in [-0.39, 0.29) is 23.1 Å². The average molecular weight is 455 g/mol. The Morgan fingerprint density at radius 3 is 2.75 bits per heavy atom. The molecule has 0 saturated carbocycles. The molecule has 0 aliphatic carbocycles. The molecule has 3 aromatic rings. The van der Waals surface area contributed by atoms with Gasteiger partial charge in [-0.3, -0.25) is 4.79 Å². The number of aryl methyl sites for hydroxylation is 1. The maximum Gasteiger partial charge on any atom is 0.233 e. The Morgan fingerprint density at radius 2 is 2.00 bits per heavy atom. The first-order valence-electron chi connectivity index (χ1n) is 10.9. The van der Waals surface area contributed by atoms with Crippen molar-refractivity contribution >= 4 is 17.7 Å². The van der Waals surface area contributed by atoms with Crippen LogP contribution < -0.4 is 5.32 Å². The molecule has 0 bridgehead atoms. The fraction of sp³-hybridized carbons (Fsp3) is 0.375. The molecule has 6 nitrogen and oxygen atoms in total. The van der Waals surface area contributed by atoms with Crippen LogP contribution in [0.15, 0.2) is 59.8 Å². The van der Waals surface area contributed by atoms with E-state index in [1.807, 2.05) is 29.7 Å². The molecule has 32 heavy (non-hydrogen) atoms. The standard InChI is InChI=1S/C24H27FN4O2S/c1-17(23(30)26-16-19-10-7-15-31-19)32-24-28-27-22(20-11-5-6-12-21(20)25)29(24)14-13-18-8-3-2-4-9-18/h2-6,8-9,11-12,17,19H,7,10,13-16H2,1H3,(H,26,30)/t17-,19+/m1/s1. The van der Waals surface area contributed by atoms with Crippen LogP contribution in [0, 0.1) is 5.82 Å². The van der Waals surface area contributed by atoms with Crippen molar-refractivity contribution in [3.63, 3.8) is 0 Å². The monoisotopic (exact) mass is 454 g/mol. The molecule has 1 fully saturated rings. The SMILES string of the molecule is C[C@@H](Sc1nnc(-c2ccccc2F)n1CCc1ccccc1)C(=O)NC[C@@H]1CCCO1. The number of hydrogen-bond donors (Lipinski definition) is 1. The zero-order chi connectivity index (χ0) is 22.3. The van der Waals surface area contributed by atoms with E-state index in [0.29, 0.717) is 29.6 Å². The minimum absolute atomic E-state index is 0.0736. The summed E-state index contributed by atoms with van der Waals surface area (Å²) in [6.07, 6.45) is 2.85. The van der Waals surface area contributed by atoms with Crippen molar-refractivity contribution in [1.82, 2.24) is 20.1 Å². The minimum atomic E-state index is -0.371. The van der Waals surface area contributed by atoms with Gasteiger partial charge in [-0.05, 0) is 43.9 Å².